The standard InChI is InChI=1S/C12H15NO/c1-9-2-4-10(5-3-9)13-7-11-6-12(8-13)14-11/h2-5,11-12H,6-8H2,1H3. The minimum atomic E-state index is 0.495. The predicted molar refractivity (Wildman–Crippen MR) is 56.7 cm³/mol. The van der Waals surface area contributed by atoms with E-state index < -0.39 is 0 Å². The topological polar surface area (TPSA) is 12.5 Å². The molecule has 3 aliphatic heterocycles. The van der Waals surface area contributed by atoms with Crippen LogP contribution in [0.2, 0.25) is 0 Å². The van der Waals surface area contributed by atoms with Crippen LogP contribution in [0.25, 0.3) is 0 Å². The molecule has 0 aromatic heterocycles. The van der Waals surface area contributed by atoms with Crippen LogP contribution in [-0.2, 0) is 4.74 Å². The van der Waals surface area contributed by atoms with Gasteiger partial charge in [0, 0.05) is 25.2 Å². The van der Waals surface area contributed by atoms with Gasteiger partial charge in [-0.25, -0.2) is 0 Å². The number of aryl methyl sites for hydroxylation is 1. The van der Waals surface area contributed by atoms with E-state index in [0.717, 1.165) is 13.1 Å². The number of rotatable bonds is 1. The van der Waals surface area contributed by atoms with Crippen LogP contribution in [0.1, 0.15) is 12.0 Å². The van der Waals surface area contributed by atoms with Crippen molar-refractivity contribution in [3.05, 3.63) is 29.8 Å². The number of ether oxygens (including phenoxy) is 1. The lowest BCUT2D eigenvalue weighted by Gasteiger charge is -2.48. The highest BCUT2D eigenvalue weighted by Crippen LogP contribution is 2.31. The van der Waals surface area contributed by atoms with E-state index in [4.69, 9.17) is 4.74 Å². The molecule has 0 spiro atoms. The second-order valence-corrected chi connectivity index (χ2v) is 4.36. The van der Waals surface area contributed by atoms with Crippen LogP contribution < -0.4 is 4.90 Å². The Morgan fingerprint density at radius 3 is 2.29 bits per heavy atom. The molecular formula is C12H15NO. The Balaban J connectivity index is 1.79. The smallest absolute Gasteiger partial charge is 0.0780 e. The normalized spacial score (nSPS) is 29.9. The minimum Gasteiger partial charge on any atom is -0.371 e. The van der Waals surface area contributed by atoms with Gasteiger partial charge < -0.3 is 9.64 Å². The van der Waals surface area contributed by atoms with E-state index in [1.54, 1.807) is 0 Å². The van der Waals surface area contributed by atoms with Crippen molar-refractivity contribution in [2.75, 3.05) is 18.0 Å². The molecule has 3 aliphatic rings. The number of piperidine rings is 1. The second kappa shape index (κ2) is 2.99. The number of fused-ring (bicyclic) bond motifs is 2. The molecule has 0 amide bonds. The van der Waals surface area contributed by atoms with Crippen LogP contribution in [-0.4, -0.2) is 25.3 Å². The van der Waals surface area contributed by atoms with Gasteiger partial charge in [-0.3, -0.25) is 0 Å². The van der Waals surface area contributed by atoms with E-state index in [9.17, 15) is 0 Å². The van der Waals surface area contributed by atoms with E-state index in [1.807, 2.05) is 0 Å². The van der Waals surface area contributed by atoms with Gasteiger partial charge in [0.1, 0.15) is 0 Å². The average Bonchev–Trinajstić information content (AvgIpc) is 2.18. The fraction of sp³-hybridized carbons (Fsp3) is 0.500. The highest BCUT2D eigenvalue weighted by molar-refractivity contribution is 5.48. The summed E-state index contributed by atoms with van der Waals surface area (Å²) in [5.74, 6) is 0. The zero-order valence-corrected chi connectivity index (χ0v) is 8.44. The maximum Gasteiger partial charge on any atom is 0.0780 e. The Bertz CT molecular complexity index is 317. The molecule has 1 aromatic carbocycles. The number of nitrogens with zero attached hydrogens (tertiary/aromatic N) is 1. The number of hydrogen-bond donors (Lipinski definition) is 0. The molecule has 3 fully saturated rings. The molecule has 4 rings (SSSR count). The largest absolute Gasteiger partial charge is 0.371 e. The molecule has 0 radical (unpaired) electrons. The van der Waals surface area contributed by atoms with Gasteiger partial charge in [0.25, 0.3) is 0 Å². The van der Waals surface area contributed by atoms with Gasteiger partial charge in [0.05, 0.1) is 12.2 Å². The van der Waals surface area contributed by atoms with Crippen molar-refractivity contribution in [2.45, 2.75) is 25.6 Å². The summed E-state index contributed by atoms with van der Waals surface area (Å²) in [6.45, 7) is 4.26. The van der Waals surface area contributed by atoms with Crippen molar-refractivity contribution in [3.63, 3.8) is 0 Å². The fourth-order valence-electron chi connectivity index (χ4n) is 2.32. The lowest BCUT2D eigenvalue weighted by Crippen LogP contribution is -2.57. The van der Waals surface area contributed by atoms with E-state index in [0.29, 0.717) is 12.2 Å². The second-order valence-electron chi connectivity index (χ2n) is 4.36. The number of anilines is 1. The van der Waals surface area contributed by atoms with E-state index in [2.05, 4.69) is 36.1 Å². The van der Waals surface area contributed by atoms with Crippen molar-refractivity contribution in [1.82, 2.24) is 0 Å². The van der Waals surface area contributed by atoms with Crippen LogP contribution in [0.15, 0.2) is 24.3 Å². The zero-order valence-electron chi connectivity index (χ0n) is 8.44. The maximum absolute atomic E-state index is 5.61. The molecule has 3 heterocycles. The molecule has 3 saturated heterocycles. The molecule has 2 nitrogen and oxygen atoms in total. The monoisotopic (exact) mass is 189 g/mol. The molecule has 2 heteroatoms. The summed E-state index contributed by atoms with van der Waals surface area (Å²) in [5.41, 5.74) is 2.67. The van der Waals surface area contributed by atoms with E-state index in [-0.39, 0.29) is 0 Å². The van der Waals surface area contributed by atoms with Crippen LogP contribution in [0.4, 0.5) is 5.69 Å². The van der Waals surface area contributed by atoms with Crippen LogP contribution in [0.5, 0.6) is 0 Å². The molecule has 2 unspecified atom stereocenters. The minimum absolute atomic E-state index is 0.495. The summed E-state index contributed by atoms with van der Waals surface area (Å²) in [6.07, 6.45) is 2.26. The summed E-state index contributed by atoms with van der Waals surface area (Å²) in [5, 5.41) is 0. The van der Waals surface area contributed by atoms with E-state index >= 15 is 0 Å². The Morgan fingerprint density at radius 2 is 1.71 bits per heavy atom. The first-order valence-electron chi connectivity index (χ1n) is 5.28. The first-order chi connectivity index (χ1) is 6.81. The highest BCUT2D eigenvalue weighted by atomic mass is 16.5. The number of benzene rings is 1. The van der Waals surface area contributed by atoms with Crippen LogP contribution in [0.3, 0.4) is 0 Å². The molecule has 1 aromatic rings. The van der Waals surface area contributed by atoms with Gasteiger partial charge in [0.2, 0.25) is 0 Å². The van der Waals surface area contributed by atoms with Gasteiger partial charge in [-0.1, -0.05) is 17.7 Å². The number of hydrogen-bond acceptors (Lipinski definition) is 2. The zero-order chi connectivity index (χ0) is 9.54. The SMILES string of the molecule is Cc1ccc(N2CC3CC(C2)O3)cc1. The van der Waals surface area contributed by atoms with E-state index in [1.165, 1.54) is 17.7 Å². The lowest BCUT2D eigenvalue weighted by molar-refractivity contribution is -0.133. The first kappa shape index (κ1) is 8.30. The maximum atomic E-state index is 5.61. The van der Waals surface area contributed by atoms with Crippen molar-refractivity contribution in [1.29, 1.82) is 0 Å². The Labute approximate surface area is 84.5 Å². The summed E-state index contributed by atoms with van der Waals surface area (Å²) >= 11 is 0. The third kappa shape index (κ3) is 1.30. The quantitative estimate of drug-likeness (QED) is 0.669. The fourth-order valence-corrected chi connectivity index (χ4v) is 2.32. The van der Waals surface area contributed by atoms with Crippen molar-refractivity contribution in [3.8, 4) is 0 Å². The number of morpholine rings is 1. The molecule has 0 N–H and O–H groups in total. The molecular weight excluding hydrogens is 174 g/mol. The van der Waals surface area contributed by atoms with Gasteiger partial charge in [-0.15, -0.1) is 0 Å². The summed E-state index contributed by atoms with van der Waals surface area (Å²) in [4.78, 5) is 2.43. The van der Waals surface area contributed by atoms with Crippen LogP contribution >= 0.6 is 0 Å². The van der Waals surface area contributed by atoms with Crippen LogP contribution in [0, 0.1) is 6.92 Å². The molecule has 74 valence electrons. The Kier molecular flexibility index (Phi) is 1.77. The van der Waals surface area contributed by atoms with Crippen molar-refractivity contribution >= 4 is 5.69 Å². The highest BCUT2D eigenvalue weighted by Gasteiger charge is 2.38. The summed E-state index contributed by atoms with van der Waals surface area (Å²) in [6, 6.07) is 8.77. The molecule has 0 aliphatic carbocycles. The molecule has 14 heavy (non-hydrogen) atoms. The third-order valence-electron chi connectivity index (χ3n) is 3.16. The van der Waals surface area contributed by atoms with Gasteiger partial charge in [0.15, 0.2) is 0 Å². The molecule has 0 saturated carbocycles. The lowest BCUT2D eigenvalue weighted by atomic mass is 9.98. The summed E-state index contributed by atoms with van der Waals surface area (Å²) in [7, 11) is 0. The van der Waals surface area contributed by atoms with Gasteiger partial charge >= 0.3 is 0 Å². The van der Waals surface area contributed by atoms with Crippen molar-refractivity contribution < 1.29 is 4.74 Å². The predicted octanol–water partition coefficient (Wildman–Crippen LogP) is 1.97. The Morgan fingerprint density at radius 1 is 1.14 bits per heavy atom. The van der Waals surface area contributed by atoms with Crippen molar-refractivity contribution in [2.24, 2.45) is 0 Å². The third-order valence-corrected chi connectivity index (χ3v) is 3.16. The average molecular weight is 189 g/mol. The summed E-state index contributed by atoms with van der Waals surface area (Å²) < 4.78 is 5.61. The van der Waals surface area contributed by atoms with Gasteiger partial charge in [-0.2, -0.15) is 0 Å². The molecule has 2 atom stereocenters. The van der Waals surface area contributed by atoms with Gasteiger partial charge in [-0.05, 0) is 19.1 Å². The Hall–Kier alpha value is -1.02. The first-order valence-corrected chi connectivity index (χ1v) is 5.28. The molecule has 2 bridgehead atoms.